The molecule has 1 aromatic carbocycles. The Kier molecular flexibility index (Phi) is 16.0. The number of nitrogen functional groups attached to an aromatic ring is 1. The number of nitrogens with two attached hydrogens (primary N) is 3. The number of carboxylic acids is 1. The summed E-state index contributed by atoms with van der Waals surface area (Å²) in [7, 11) is 0. The first-order valence-electron chi connectivity index (χ1n) is 6.98. The van der Waals surface area contributed by atoms with Gasteiger partial charge in [-0.25, -0.2) is 0 Å². The molecule has 1 rings (SSSR count). The topological polar surface area (TPSA) is 115 Å². The maximum atomic E-state index is 10.2. The lowest BCUT2D eigenvalue weighted by Crippen LogP contribution is -2.11. The largest absolute Gasteiger partial charge is 0.481 e. The van der Waals surface area contributed by atoms with Crippen molar-refractivity contribution in [2.75, 3.05) is 18.8 Å². The zero-order chi connectivity index (χ0) is 15.8. The van der Waals surface area contributed by atoms with Crippen LogP contribution < -0.4 is 17.2 Å². The van der Waals surface area contributed by atoms with Crippen LogP contribution in [0.15, 0.2) is 24.3 Å². The third-order valence-electron chi connectivity index (χ3n) is 2.00. The molecule has 0 aliphatic rings. The number of aliphatic carboxylic acids is 1. The number of aryl methyl sites for hydroxylation is 1. The van der Waals surface area contributed by atoms with Crippen molar-refractivity contribution in [3.63, 3.8) is 0 Å². The van der Waals surface area contributed by atoms with Gasteiger partial charge in [0.1, 0.15) is 0 Å². The van der Waals surface area contributed by atoms with Gasteiger partial charge in [0.25, 0.3) is 0 Å². The Bertz CT molecular complexity index is 324. The highest BCUT2D eigenvalue weighted by Crippen LogP contribution is 2.08. The van der Waals surface area contributed by atoms with Gasteiger partial charge in [-0.05, 0) is 30.5 Å². The predicted octanol–water partition coefficient (Wildman–Crippen LogP) is 2.00. The molecule has 0 spiro atoms. The van der Waals surface area contributed by atoms with E-state index in [0.29, 0.717) is 19.5 Å². The Hall–Kier alpha value is -1.59. The van der Waals surface area contributed by atoms with Gasteiger partial charge in [0.15, 0.2) is 0 Å². The van der Waals surface area contributed by atoms with Gasteiger partial charge in [0.05, 0.1) is 0 Å². The molecule has 1 aromatic rings. The van der Waals surface area contributed by atoms with Crippen LogP contribution in [0.5, 0.6) is 0 Å². The lowest BCUT2D eigenvalue weighted by atomic mass is 10.1. The standard InChI is InChI=1S/C10H13NO2.C3H8.C2H8N2/c11-9-6-4-8(5-7-9)2-1-3-10(12)13;1-3-2;3-1-2-4/h4-7H,1-3,11H2,(H,12,13);3H2,1-2H3;1-4H2. The average Bonchev–Trinajstić information content (AvgIpc) is 2.42. The van der Waals surface area contributed by atoms with Crippen molar-refractivity contribution in [1.82, 2.24) is 0 Å². The molecule has 7 N–H and O–H groups in total. The fourth-order valence-corrected chi connectivity index (χ4v) is 1.13. The Labute approximate surface area is 122 Å². The van der Waals surface area contributed by atoms with E-state index in [2.05, 4.69) is 13.8 Å². The van der Waals surface area contributed by atoms with E-state index in [4.69, 9.17) is 22.3 Å². The van der Waals surface area contributed by atoms with Crippen molar-refractivity contribution < 1.29 is 9.90 Å². The van der Waals surface area contributed by atoms with Crippen LogP contribution in [0.3, 0.4) is 0 Å². The fourth-order valence-electron chi connectivity index (χ4n) is 1.13. The van der Waals surface area contributed by atoms with E-state index in [0.717, 1.165) is 17.7 Å². The third kappa shape index (κ3) is 16.4. The summed E-state index contributed by atoms with van der Waals surface area (Å²) in [5.41, 5.74) is 17.2. The van der Waals surface area contributed by atoms with E-state index >= 15 is 0 Å². The quantitative estimate of drug-likeness (QED) is 0.617. The number of rotatable bonds is 5. The van der Waals surface area contributed by atoms with Gasteiger partial charge >= 0.3 is 5.97 Å². The minimum absolute atomic E-state index is 0.227. The first kappa shape index (κ1) is 20.7. The maximum absolute atomic E-state index is 10.2. The lowest BCUT2D eigenvalue weighted by Gasteiger charge is -1.99. The molecule has 5 nitrogen and oxygen atoms in total. The van der Waals surface area contributed by atoms with Gasteiger partial charge in [-0.1, -0.05) is 32.4 Å². The average molecular weight is 283 g/mol. The second-order valence-corrected chi connectivity index (χ2v) is 4.27. The van der Waals surface area contributed by atoms with E-state index in [9.17, 15) is 4.79 Å². The predicted molar refractivity (Wildman–Crippen MR) is 85.5 cm³/mol. The van der Waals surface area contributed by atoms with Crippen LogP contribution in [0.1, 0.15) is 38.7 Å². The minimum Gasteiger partial charge on any atom is -0.481 e. The summed E-state index contributed by atoms with van der Waals surface area (Å²) in [4.78, 5) is 10.2. The smallest absolute Gasteiger partial charge is 0.303 e. The van der Waals surface area contributed by atoms with Crippen molar-refractivity contribution in [3.8, 4) is 0 Å². The van der Waals surface area contributed by atoms with Gasteiger partial charge in [0, 0.05) is 25.2 Å². The van der Waals surface area contributed by atoms with Crippen LogP contribution in [0.25, 0.3) is 0 Å². The fraction of sp³-hybridized carbons (Fsp3) is 0.533. The van der Waals surface area contributed by atoms with E-state index in [1.165, 1.54) is 6.42 Å². The summed E-state index contributed by atoms with van der Waals surface area (Å²) in [6.07, 6.45) is 2.95. The summed E-state index contributed by atoms with van der Waals surface area (Å²) in [5.74, 6) is -0.740. The zero-order valence-electron chi connectivity index (χ0n) is 12.6. The summed E-state index contributed by atoms with van der Waals surface area (Å²) in [6.45, 7) is 5.44. The third-order valence-corrected chi connectivity index (χ3v) is 2.00. The Morgan fingerprint density at radius 1 is 1.10 bits per heavy atom. The molecule has 116 valence electrons. The lowest BCUT2D eigenvalue weighted by molar-refractivity contribution is -0.137. The maximum Gasteiger partial charge on any atom is 0.303 e. The molecular weight excluding hydrogens is 254 g/mol. The van der Waals surface area contributed by atoms with Gasteiger partial charge in [-0.2, -0.15) is 0 Å². The molecule has 0 aromatic heterocycles. The Morgan fingerprint density at radius 2 is 1.55 bits per heavy atom. The van der Waals surface area contributed by atoms with Crippen LogP contribution in [0, 0.1) is 0 Å². The zero-order valence-corrected chi connectivity index (χ0v) is 12.6. The monoisotopic (exact) mass is 283 g/mol. The molecule has 0 saturated heterocycles. The van der Waals surface area contributed by atoms with Crippen LogP contribution in [0.2, 0.25) is 0 Å². The minimum atomic E-state index is -0.740. The number of anilines is 1. The molecule has 20 heavy (non-hydrogen) atoms. The van der Waals surface area contributed by atoms with Crippen molar-refractivity contribution in [1.29, 1.82) is 0 Å². The molecule has 0 amide bonds. The Morgan fingerprint density at radius 3 is 1.90 bits per heavy atom. The van der Waals surface area contributed by atoms with Crippen LogP contribution in [-0.4, -0.2) is 24.2 Å². The molecule has 0 heterocycles. The number of hydrogen-bond acceptors (Lipinski definition) is 4. The molecule has 5 heteroatoms. The number of carbonyl (C=O) groups is 1. The second-order valence-electron chi connectivity index (χ2n) is 4.27. The van der Waals surface area contributed by atoms with Gasteiger partial charge in [-0.15, -0.1) is 0 Å². The summed E-state index contributed by atoms with van der Waals surface area (Å²) >= 11 is 0. The van der Waals surface area contributed by atoms with Gasteiger partial charge in [-0.3, -0.25) is 4.79 Å². The van der Waals surface area contributed by atoms with Gasteiger partial charge in [0.2, 0.25) is 0 Å². The Balaban J connectivity index is 0. The number of hydrogen-bond donors (Lipinski definition) is 4. The summed E-state index contributed by atoms with van der Waals surface area (Å²) in [5, 5.41) is 8.42. The normalized spacial score (nSPS) is 8.80. The van der Waals surface area contributed by atoms with E-state index in [1.54, 1.807) is 0 Å². The molecule has 0 aliphatic heterocycles. The summed E-state index contributed by atoms with van der Waals surface area (Å²) in [6, 6.07) is 7.51. The molecule has 0 aliphatic carbocycles. The first-order chi connectivity index (χ1) is 9.51. The van der Waals surface area contributed by atoms with Crippen LogP contribution in [-0.2, 0) is 11.2 Å². The van der Waals surface area contributed by atoms with Crippen molar-refractivity contribution >= 4 is 11.7 Å². The molecular formula is C15H29N3O2. The van der Waals surface area contributed by atoms with Crippen molar-refractivity contribution in [2.24, 2.45) is 11.5 Å². The van der Waals surface area contributed by atoms with Crippen LogP contribution in [0.4, 0.5) is 5.69 Å². The molecule has 0 saturated carbocycles. The SMILES string of the molecule is CCC.NCCN.Nc1ccc(CCCC(=O)O)cc1. The second kappa shape index (κ2) is 15.5. The van der Waals surface area contributed by atoms with Gasteiger partial charge < -0.3 is 22.3 Å². The van der Waals surface area contributed by atoms with E-state index in [1.807, 2.05) is 24.3 Å². The van der Waals surface area contributed by atoms with Crippen LogP contribution >= 0.6 is 0 Å². The number of carboxylic acid groups (broad SMARTS) is 1. The number of benzene rings is 1. The summed E-state index contributed by atoms with van der Waals surface area (Å²) < 4.78 is 0. The van der Waals surface area contributed by atoms with E-state index < -0.39 is 5.97 Å². The molecule has 0 radical (unpaired) electrons. The highest BCUT2D eigenvalue weighted by Gasteiger charge is 1.97. The van der Waals surface area contributed by atoms with Crippen molar-refractivity contribution in [2.45, 2.75) is 39.5 Å². The molecule has 0 bridgehead atoms. The first-order valence-corrected chi connectivity index (χ1v) is 6.98. The molecule has 0 atom stereocenters. The molecule has 0 unspecified atom stereocenters. The van der Waals surface area contributed by atoms with E-state index in [-0.39, 0.29) is 6.42 Å². The van der Waals surface area contributed by atoms with Crippen molar-refractivity contribution in [3.05, 3.63) is 29.8 Å². The highest BCUT2D eigenvalue weighted by molar-refractivity contribution is 5.66. The molecule has 0 fully saturated rings. The highest BCUT2D eigenvalue weighted by atomic mass is 16.4.